The topological polar surface area (TPSA) is 90.7 Å². The molecule has 0 radical (unpaired) electrons. The summed E-state index contributed by atoms with van der Waals surface area (Å²) in [6.45, 7) is 3.98. The molecule has 0 spiro atoms. The van der Waals surface area contributed by atoms with Crippen LogP contribution >= 0.6 is 11.6 Å². The van der Waals surface area contributed by atoms with Gasteiger partial charge in [-0.1, -0.05) is 11.6 Å². The zero-order chi connectivity index (χ0) is 19.4. The molecule has 7 nitrogen and oxygen atoms in total. The van der Waals surface area contributed by atoms with Gasteiger partial charge in [0.15, 0.2) is 0 Å². The molecular weight excluding hydrogens is 366 g/mol. The molecule has 2 amide bonds. The lowest BCUT2D eigenvalue weighted by molar-refractivity contribution is -0.132. The monoisotopic (exact) mass is 387 g/mol. The number of amides is 2. The molecule has 2 aromatic carbocycles. The van der Waals surface area contributed by atoms with Crippen LogP contribution in [0, 0.1) is 0 Å². The summed E-state index contributed by atoms with van der Waals surface area (Å²) in [6.07, 6.45) is 0. The molecule has 1 aliphatic rings. The van der Waals surface area contributed by atoms with Gasteiger partial charge in [-0.05, 0) is 49.5 Å². The van der Waals surface area contributed by atoms with Crippen LogP contribution in [0.4, 0.5) is 22.7 Å². The molecule has 0 unspecified atom stereocenters. The number of carbonyl (C=O) groups is 2. The average Bonchev–Trinajstić information content (AvgIpc) is 2.66. The van der Waals surface area contributed by atoms with E-state index in [0.29, 0.717) is 22.1 Å². The second kappa shape index (κ2) is 8.28. The van der Waals surface area contributed by atoms with E-state index in [1.165, 1.54) is 6.07 Å². The Morgan fingerprint density at radius 2 is 1.48 bits per heavy atom. The van der Waals surface area contributed by atoms with E-state index in [9.17, 15) is 9.59 Å². The molecule has 0 saturated carbocycles. The third kappa shape index (κ3) is 4.90. The van der Waals surface area contributed by atoms with Crippen LogP contribution in [0.2, 0.25) is 5.02 Å². The Hall–Kier alpha value is -2.77. The molecule has 2 aromatic rings. The molecular formula is C19H22ClN5O2. The van der Waals surface area contributed by atoms with Gasteiger partial charge in [0.25, 0.3) is 0 Å². The van der Waals surface area contributed by atoms with Gasteiger partial charge in [-0.2, -0.15) is 0 Å². The van der Waals surface area contributed by atoms with Gasteiger partial charge in [-0.25, -0.2) is 0 Å². The lowest BCUT2D eigenvalue weighted by Crippen LogP contribution is -2.44. The molecule has 3 rings (SSSR count). The number of nitrogen functional groups attached to an aromatic ring is 1. The van der Waals surface area contributed by atoms with Crippen molar-refractivity contribution in [2.75, 3.05) is 54.5 Å². The largest absolute Gasteiger partial charge is 0.398 e. The van der Waals surface area contributed by atoms with E-state index < -0.39 is 11.8 Å². The number of hydrogen-bond acceptors (Lipinski definition) is 5. The van der Waals surface area contributed by atoms with E-state index in [4.69, 9.17) is 17.3 Å². The van der Waals surface area contributed by atoms with E-state index in [1.807, 2.05) is 12.1 Å². The fraction of sp³-hybridized carbons (Fsp3) is 0.263. The fourth-order valence-electron chi connectivity index (χ4n) is 2.80. The van der Waals surface area contributed by atoms with Crippen LogP contribution in [0.3, 0.4) is 0 Å². The molecule has 1 heterocycles. The lowest BCUT2D eigenvalue weighted by Gasteiger charge is -2.34. The maximum Gasteiger partial charge on any atom is 0.314 e. The van der Waals surface area contributed by atoms with Gasteiger partial charge >= 0.3 is 11.8 Å². The number of piperazine rings is 1. The molecule has 1 aliphatic heterocycles. The highest BCUT2D eigenvalue weighted by atomic mass is 35.5. The zero-order valence-electron chi connectivity index (χ0n) is 15.0. The number of carbonyl (C=O) groups excluding carboxylic acids is 2. The van der Waals surface area contributed by atoms with Crippen molar-refractivity contribution in [2.24, 2.45) is 0 Å². The lowest BCUT2D eigenvalue weighted by atomic mass is 10.2. The second-order valence-corrected chi connectivity index (χ2v) is 6.89. The predicted octanol–water partition coefficient (Wildman–Crippen LogP) is 2.25. The SMILES string of the molecule is CN1CCN(c2ccc(NC(=O)C(=O)Nc3ccc(N)c(Cl)c3)cc2)CC1. The van der Waals surface area contributed by atoms with Crippen molar-refractivity contribution in [3.8, 4) is 0 Å². The van der Waals surface area contributed by atoms with Crippen LogP contribution in [0.25, 0.3) is 0 Å². The fourth-order valence-corrected chi connectivity index (χ4v) is 2.98. The summed E-state index contributed by atoms with van der Waals surface area (Å²) in [5.74, 6) is -1.53. The van der Waals surface area contributed by atoms with E-state index in [2.05, 4.69) is 27.5 Å². The third-order valence-corrected chi connectivity index (χ3v) is 4.79. The first-order valence-corrected chi connectivity index (χ1v) is 9.01. The highest BCUT2D eigenvalue weighted by molar-refractivity contribution is 6.43. The van der Waals surface area contributed by atoms with Crippen LogP contribution in [-0.2, 0) is 9.59 Å². The van der Waals surface area contributed by atoms with Crippen molar-refractivity contribution in [1.82, 2.24) is 4.90 Å². The summed E-state index contributed by atoms with van der Waals surface area (Å²) < 4.78 is 0. The molecule has 0 bridgehead atoms. The third-order valence-electron chi connectivity index (χ3n) is 4.46. The Morgan fingerprint density at radius 3 is 2.07 bits per heavy atom. The van der Waals surface area contributed by atoms with E-state index in [1.54, 1.807) is 24.3 Å². The number of rotatable bonds is 3. The number of anilines is 4. The minimum absolute atomic E-state index is 0.313. The zero-order valence-corrected chi connectivity index (χ0v) is 15.8. The Labute approximate surface area is 163 Å². The molecule has 27 heavy (non-hydrogen) atoms. The van der Waals surface area contributed by atoms with Crippen LogP contribution in [0.5, 0.6) is 0 Å². The molecule has 1 saturated heterocycles. The molecule has 142 valence electrons. The average molecular weight is 388 g/mol. The van der Waals surface area contributed by atoms with Crippen molar-refractivity contribution >= 4 is 46.2 Å². The van der Waals surface area contributed by atoms with Gasteiger partial charge in [0.05, 0.1) is 10.7 Å². The van der Waals surface area contributed by atoms with Gasteiger partial charge in [0, 0.05) is 43.2 Å². The maximum atomic E-state index is 12.1. The summed E-state index contributed by atoms with van der Waals surface area (Å²) in [5, 5.41) is 5.40. The predicted molar refractivity (Wildman–Crippen MR) is 109 cm³/mol. The molecule has 1 fully saturated rings. The van der Waals surface area contributed by atoms with Crippen LogP contribution in [-0.4, -0.2) is 49.9 Å². The summed E-state index contributed by atoms with van der Waals surface area (Å²) in [4.78, 5) is 28.7. The van der Waals surface area contributed by atoms with Crippen molar-refractivity contribution in [2.45, 2.75) is 0 Å². The Morgan fingerprint density at radius 1 is 0.926 bits per heavy atom. The van der Waals surface area contributed by atoms with Crippen LogP contribution in [0.15, 0.2) is 42.5 Å². The number of nitrogens with two attached hydrogens (primary N) is 1. The van der Waals surface area contributed by atoms with Gasteiger partial charge in [0.2, 0.25) is 0 Å². The molecule has 0 aliphatic carbocycles. The first-order chi connectivity index (χ1) is 12.9. The second-order valence-electron chi connectivity index (χ2n) is 6.48. The smallest absolute Gasteiger partial charge is 0.314 e. The minimum Gasteiger partial charge on any atom is -0.398 e. The molecule has 0 atom stereocenters. The number of hydrogen-bond donors (Lipinski definition) is 3. The summed E-state index contributed by atoms with van der Waals surface area (Å²) in [6, 6.07) is 12.1. The van der Waals surface area contributed by atoms with Gasteiger partial charge in [-0.15, -0.1) is 0 Å². The molecule has 8 heteroatoms. The van der Waals surface area contributed by atoms with Crippen molar-refractivity contribution in [3.05, 3.63) is 47.5 Å². The number of likely N-dealkylation sites (N-methyl/N-ethyl adjacent to an activating group) is 1. The highest BCUT2D eigenvalue weighted by Gasteiger charge is 2.16. The van der Waals surface area contributed by atoms with Crippen LogP contribution < -0.4 is 21.3 Å². The maximum absolute atomic E-state index is 12.1. The Bertz CT molecular complexity index is 832. The van der Waals surface area contributed by atoms with Crippen LogP contribution in [0.1, 0.15) is 0 Å². The number of benzene rings is 2. The highest BCUT2D eigenvalue weighted by Crippen LogP contribution is 2.23. The summed E-state index contributed by atoms with van der Waals surface area (Å²) in [5.41, 5.74) is 8.09. The van der Waals surface area contributed by atoms with E-state index >= 15 is 0 Å². The number of nitrogens with zero attached hydrogens (tertiary/aromatic N) is 2. The van der Waals surface area contributed by atoms with Crippen molar-refractivity contribution in [1.29, 1.82) is 0 Å². The van der Waals surface area contributed by atoms with Gasteiger partial charge < -0.3 is 26.2 Å². The Kier molecular flexibility index (Phi) is 5.83. The Balaban J connectivity index is 1.56. The first-order valence-electron chi connectivity index (χ1n) is 8.63. The van der Waals surface area contributed by atoms with Gasteiger partial charge in [-0.3, -0.25) is 9.59 Å². The summed E-state index contributed by atoms with van der Waals surface area (Å²) >= 11 is 5.91. The summed E-state index contributed by atoms with van der Waals surface area (Å²) in [7, 11) is 2.11. The van der Waals surface area contributed by atoms with Crippen molar-refractivity contribution in [3.63, 3.8) is 0 Å². The first kappa shape index (κ1) is 19.0. The molecule has 0 aromatic heterocycles. The van der Waals surface area contributed by atoms with E-state index in [0.717, 1.165) is 31.9 Å². The quantitative estimate of drug-likeness (QED) is 0.555. The molecule has 4 N–H and O–H groups in total. The van der Waals surface area contributed by atoms with E-state index in [-0.39, 0.29) is 0 Å². The number of halogens is 1. The van der Waals surface area contributed by atoms with Gasteiger partial charge in [0.1, 0.15) is 0 Å². The standard InChI is InChI=1S/C19H22ClN5O2/c1-24-8-10-25(11-9-24)15-5-2-13(3-6-15)22-18(26)19(27)23-14-4-7-17(21)16(20)12-14/h2-7,12H,8-11,21H2,1H3,(H,22,26)(H,23,27). The minimum atomic E-state index is -0.779. The van der Waals surface area contributed by atoms with Crippen molar-refractivity contribution < 1.29 is 9.59 Å². The number of nitrogens with one attached hydrogen (secondary N) is 2. The normalized spacial score (nSPS) is 14.7.